The zero-order valence-electron chi connectivity index (χ0n) is 18.7. The molecule has 1 aromatic carbocycles. The molecule has 2 fully saturated rings. The molecule has 0 aliphatic carbocycles. The number of hydrogen-bond donors (Lipinski definition) is 8. The molecule has 2 heterocycles. The van der Waals surface area contributed by atoms with Gasteiger partial charge < -0.3 is 50.3 Å². The van der Waals surface area contributed by atoms with Crippen LogP contribution >= 0.6 is 0 Å². The van der Waals surface area contributed by atoms with Gasteiger partial charge in [-0.1, -0.05) is 23.7 Å². The monoisotopic (exact) mass is 478 g/mol. The van der Waals surface area contributed by atoms with E-state index >= 15 is 0 Å². The van der Waals surface area contributed by atoms with E-state index < -0.39 is 74.3 Å². The third kappa shape index (κ3) is 5.28. The maximum absolute atomic E-state index is 10.1. The minimum atomic E-state index is -1.51. The summed E-state index contributed by atoms with van der Waals surface area (Å²) in [6, 6.07) is 3.38. The summed E-state index contributed by atoms with van der Waals surface area (Å²) in [6.45, 7) is 2.55. The molecule has 10 unspecified atom stereocenters. The molecule has 2 aliphatic heterocycles. The fourth-order valence-electron chi connectivity index (χ4n) is 3.83. The molecule has 0 amide bonds. The Morgan fingerprint density at radius 3 is 1.29 bits per heavy atom. The van der Waals surface area contributed by atoms with Crippen molar-refractivity contribution >= 4 is 0 Å². The van der Waals surface area contributed by atoms with Gasteiger partial charge in [0.2, 0.25) is 0 Å². The number of hydrogen-bond acceptors (Lipinski definition) is 10. The Balaban J connectivity index is 1.80. The first-order chi connectivity index (χ1) is 16.1. The number of aliphatic hydroxyl groups is 8. The van der Waals surface area contributed by atoms with Crippen LogP contribution in [0.1, 0.15) is 22.3 Å². The van der Waals surface area contributed by atoms with E-state index in [4.69, 9.17) is 9.47 Å². The Morgan fingerprint density at radius 1 is 0.618 bits per heavy atom. The Hall–Kier alpha value is -2.06. The predicted octanol–water partition coefficient (Wildman–Crippen LogP) is -3.31. The van der Waals surface area contributed by atoms with Crippen molar-refractivity contribution in [2.75, 3.05) is 13.2 Å². The minimum Gasteiger partial charge on any atom is -0.394 e. The second-order valence-corrected chi connectivity index (χ2v) is 8.45. The van der Waals surface area contributed by atoms with Crippen molar-refractivity contribution < 1.29 is 50.3 Å². The maximum Gasteiger partial charge on any atom is 0.147 e. The van der Waals surface area contributed by atoms with Crippen molar-refractivity contribution in [2.45, 2.75) is 74.9 Å². The highest BCUT2D eigenvalue weighted by Gasteiger charge is 2.43. The first-order valence-electron chi connectivity index (χ1n) is 10.8. The SMILES string of the molecule is Cc1c(C#CC2OC(CO)C(O)C(O)C2O)ccc(C#CC2OC(CO)C(O)C(O)C2O)c1C. The van der Waals surface area contributed by atoms with Gasteiger partial charge in [-0.25, -0.2) is 0 Å². The van der Waals surface area contributed by atoms with Crippen molar-refractivity contribution in [2.24, 2.45) is 0 Å². The fraction of sp³-hybridized carbons (Fsp3) is 0.583. The fourth-order valence-corrected chi connectivity index (χ4v) is 3.83. The van der Waals surface area contributed by atoms with Gasteiger partial charge in [0.25, 0.3) is 0 Å². The summed E-state index contributed by atoms with van der Waals surface area (Å²) in [7, 11) is 0. The van der Waals surface area contributed by atoms with Gasteiger partial charge in [0.1, 0.15) is 61.0 Å². The van der Waals surface area contributed by atoms with E-state index in [2.05, 4.69) is 23.7 Å². The predicted molar refractivity (Wildman–Crippen MR) is 117 cm³/mol. The van der Waals surface area contributed by atoms with Crippen LogP contribution in [0.25, 0.3) is 0 Å². The molecule has 0 spiro atoms. The second kappa shape index (κ2) is 11.1. The molecular formula is C24H30O10. The lowest BCUT2D eigenvalue weighted by Crippen LogP contribution is -2.58. The van der Waals surface area contributed by atoms with E-state index in [1.54, 1.807) is 12.1 Å². The highest BCUT2D eigenvalue weighted by molar-refractivity contribution is 5.53. The summed E-state index contributed by atoms with van der Waals surface area (Å²) in [5, 5.41) is 78.4. The van der Waals surface area contributed by atoms with Crippen LogP contribution < -0.4 is 0 Å². The highest BCUT2D eigenvalue weighted by atomic mass is 16.5. The number of aliphatic hydroxyl groups excluding tert-OH is 8. The summed E-state index contributed by atoms with van der Waals surface area (Å²) < 4.78 is 10.8. The number of ether oxygens (including phenoxy) is 2. The molecule has 10 atom stereocenters. The van der Waals surface area contributed by atoms with Gasteiger partial charge in [-0.2, -0.15) is 0 Å². The first-order valence-corrected chi connectivity index (χ1v) is 10.8. The molecule has 1 aromatic rings. The Bertz CT molecular complexity index is 906. The van der Waals surface area contributed by atoms with Crippen molar-refractivity contribution in [3.8, 4) is 23.7 Å². The van der Waals surface area contributed by atoms with Gasteiger partial charge in [-0.05, 0) is 37.1 Å². The molecule has 186 valence electrons. The van der Waals surface area contributed by atoms with E-state index in [1.807, 2.05) is 13.8 Å². The van der Waals surface area contributed by atoms with Crippen LogP contribution in [0.15, 0.2) is 12.1 Å². The van der Waals surface area contributed by atoms with E-state index in [-0.39, 0.29) is 0 Å². The van der Waals surface area contributed by atoms with Crippen molar-refractivity contribution in [1.29, 1.82) is 0 Å². The topological polar surface area (TPSA) is 180 Å². The molecular weight excluding hydrogens is 448 g/mol. The largest absolute Gasteiger partial charge is 0.394 e. The summed E-state index contributed by atoms with van der Waals surface area (Å²) in [4.78, 5) is 0. The molecule has 34 heavy (non-hydrogen) atoms. The van der Waals surface area contributed by atoms with E-state index in [0.29, 0.717) is 11.1 Å². The third-order valence-corrected chi connectivity index (χ3v) is 6.27. The lowest BCUT2D eigenvalue weighted by molar-refractivity contribution is -0.214. The lowest BCUT2D eigenvalue weighted by atomic mass is 9.94. The molecule has 8 N–H and O–H groups in total. The molecule has 10 heteroatoms. The Kier molecular flexibility index (Phi) is 8.68. The third-order valence-electron chi connectivity index (χ3n) is 6.27. The molecule has 2 saturated heterocycles. The van der Waals surface area contributed by atoms with Crippen LogP contribution in [0.4, 0.5) is 0 Å². The second-order valence-electron chi connectivity index (χ2n) is 8.45. The van der Waals surface area contributed by atoms with Crippen LogP contribution in [0.2, 0.25) is 0 Å². The zero-order chi connectivity index (χ0) is 25.2. The van der Waals surface area contributed by atoms with Crippen molar-refractivity contribution in [3.63, 3.8) is 0 Å². The van der Waals surface area contributed by atoms with Gasteiger partial charge in [0, 0.05) is 11.1 Å². The standard InChI is InChI=1S/C24H30O10/c1-11-12(2)14(6-8-16-20(28)24(32)22(30)18(10-26)34-16)4-3-13(11)5-7-15-19(27)23(31)21(29)17(9-25)33-15/h3-4,15-32H,9-10H2,1-2H3. The molecule has 2 aliphatic rings. The highest BCUT2D eigenvalue weighted by Crippen LogP contribution is 2.23. The minimum absolute atomic E-state index is 0.539. The van der Waals surface area contributed by atoms with Crippen LogP contribution in [0.3, 0.4) is 0 Å². The van der Waals surface area contributed by atoms with E-state index in [1.165, 1.54) is 0 Å². The number of benzene rings is 1. The van der Waals surface area contributed by atoms with E-state index in [9.17, 15) is 40.9 Å². The molecule has 3 rings (SSSR count). The average molecular weight is 478 g/mol. The van der Waals surface area contributed by atoms with Gasteiger partial charge in [0.15, 0.2) is 0 Å². The molecule has 10 nitrogen and oxygen atoms in total. The summed E-state index contributed by atoms with van der Waals surface area (Å²) >= 11 is 0. The van der Waals surface area contributed by atoms with Gasteiger partial charge >= 0.3 is 0 Å². The van der Waals surface area contributed by atoms with E-state index in [0.717, 1.165) is 11.1 Å². The average Bonchev–Trinajstić information content (AvgIpc) is 2.83. The number of rotatable bonds is 2. The van der Waals surface area contributed by atoms with Crippen LogP contribution in [-0.2, 0) is 9.47 Å². The molecule has 0 radical (unpaired) electrons. The zero-order valence-corrected chi connectivity index (χ0v) is 18.7. The van der Waals surface area contributed by atoms with Crippen molar-refractivity contribution in [3.05, 3.63) is 34.4 Å². The molecule has 0 saturated carbocycles. The molecule has 0 aromatic heterocycles. The van der Waals surface area contributed by atoms with Gasteiger partial charge in [-0.3, -0.25) is 0 Å². The first kappa shape index (κ1) is 26.5. The summed E-state index contributed by atoms with van der Waals surface area (Å²) in [5.41, 5.74) is 2.76. The van der Waals surface area contributed by atoms with Crippen LogP contribution in [0.5, 0.6) is 0 Å². The quantitative estimate of drug-likeness (QED) is 0.201. The molecule has 0 bridgehead atoms. The Labute approximate surface area is 197 Å². The van der Waals surface area contributed by atoms with Gasteiger partial charge in [0.05, 0.1) is 13.2 Å². The summed E-state index contributed by atoms with van der Waals surface area (Å²) in [6.07, 6.45) is -13.1. The Morgan fingerprint density at radius 2 is 0.971 bits per heavy atom. The van der Waals surface area contributed by atoms with Crippen molar-refractivity contribution in [1.82, 2.24) is 0 Å². The normalized spacial score (nSPS) is 37.8. The van der Waals surface area contributed by atoms with Gasteiger partial charge in [-0.15, -0.1) is 0 Å². The smallest absolute Gasteiger partial charge is 0.147 e. The van der Waals surface area contributed by atoms with Crippen LogP contribution in [0, 0.1) is 37.5 Å². The maximum atomic E-state index is 10.1. The lowest BCUT2D eigenvalue weighted by Gasteiger charge is -2.37. The van der Waals surface area contributed by atoms with Crippen LogP contribution in [-0.4, -0.2) is 115 Å². The summed E-state index contributed by atoms with van der Waals surface area (Å²) in [5.74, 6) is 11.2.